The Balaban J connectivity index is 2.33. The van der Waals surface area contributed by atoms with Crippen LogP contribution >= 0.6 is 0 Å². The molecule has 1 saturated carbocycles. The molecule has 0 heterocycles. The van der Waals surface area contributed by atoms with Crippen molar-refractivity contribution in [2.75, 3.05) is 6.61 Å². The van der Waals surface area contributed by atoms with Gasteiger partial charge in [0.05, 0.1) is 0 Å². The Morgan fingerprint density at radius 1 is 1.24 bits per heavy atom. The smallest absolute Gasteiger partial charge is 0.326 e. The van der Waals surface area contributed by atoms with E-state index in [0.717, 1.165) is 25.7 Å². The maximum atomic E-state index is 11.5. The Hall–Kier alpha value is -1.30. The second-order valence-electron chi connectivity index (χ2n) is 4.36. The first-order valence-electron chi connectivity index (χ1n) is 6.04. The molecule has 2 amide bonds. The van der Waals surface area contributed by atoms with E-state index >= 15 is 0 Å². The van der Waals surface area contributed by atoms with Crippen LogP contribution in [0.3, 0.4) is 0 Å². The number of aliphatic hydroxyl groups excluding tert-OH is 1. The summed E-state index contributed by atoms with van der Waals surface area (Å²) in [4.78, 5) is 22.3. The molecule has 4 N–H and O–H groups in total. The summed E-state index contributed by atoms with van der Waals surface area (Å²) in [5.74, 6) is -1.13. The minimum absolute atomic E-state index is 0.0213. The van der Waals surface area contributed by atoms with Gasteiger partial charge in [0, 0.05) is 19.1 Å². The van der Waals surface area contributed by atoms with Crippen LogP contribution in [0.4, 0.5) is 4.79 Å². The monoisotopic (exact) mass is 244 g/mol. The molecule has 1 aliphatic rings. The molecule has 0 aliphatic heterocycles. The number of carboxylic acid groups (broad SMARTS) is 1. The van der Waals surface area contributed by atoms with Gasteiger partial charge in [0.1, 0.15) is 6.04 Å². The fourth-order valence-corrected chi connectivity index (χ4v) is 2.02. The van der Waals surface area contributed by atoms with Crippen LogP contribution in [0.5, 0.6) is 0 Å². The van der Waals surface area contributed by atoms with Gasteiger partial charge in [0.2, 0.25) is 0 Å². The molecule has 0 saturated heterocycles. The predicted octanol–water partition coefficient (Wildman–Crippen LogP) is 0.454. The van der Waals surface area contributed by atoms with Crippen molar-refractivity contribution < 1.29 is 19.8 Å². The van der Waals surface area contributed by atoms with Gasteiger partial charge in [-0.25, -0.2) is 9.59 Å². The number of urea groups is 1. The molecule has 0 unspecified atom stereocenters. The number of rotatable bonds is 5. The average Bonchev–Trinajstić information content (AvgIpc) is 2.29. The van der Waals surface area contributed by atoms with Crippen LogP contribution in [0.1, 0.15) is 38.5 Å². The molecule has 1 rings (SSSR count). The Kier molecular flexibility index (Phi) is 5.76. The van der Waals surface area contributed by atoms with Gasteiger partial charge in [-0.05, 0) is 12.8 Å². The molecule has 0 aromatic heterocycles. The molecule has 0 aromatic rings. The van der Waals surface area contributed by atoms with Crippen molar-refractivity contribution in [1.82, 2.24) is 10.6 Å². The zero-order valence-corrected chi connectivity index (χ0v) is 9.82. The van der Waals surface area contributed by atoms with E-state index in [9.17, 15) is 9.59 Å². The Morgan fingerprint density at radius 3 is 2.41 bits per heavy atom. The number of amides is 2. The van der Waals surface area contributed by atoms with Crippen molar-refractivity contribution >= 4 is 12.0 Å². The summed E-state index contributed by atoms with van der Waals surface area (Å²) in [6.07, 6.45) is 5.32. The lowest BCUT2D eigenvalue weighted by atomic mass is 9.96. The summed E-state index contributed by atoms with van der Waals surface area (Å²) in [5, 5.41) is 22.6. The lowest BCUT2D eigenvalue weighted by Gasteiger charge is -2.24. The largest absolute Gasteiger partial charge is 0.480 e. The van der Waals surface area contributed by atoms with Gasteiger partial charge in [-0.2, -0.15) is 0 Å². The molecule has 0 aromatic carbocycles. The summed E-state index contributed by atoms with van der Waals surface area (Å²) in [6, 6.07) is -1.34. The molecule has 6 nitrogen and oxygen atoms in total. The summed E-state index contributed by atoms with van der Waals surface area (Å²) in [7, 11) is 0. The second kappa shape index (κ2) is 7.11. The first-order valence-corrected chi connectivity index (χ1v) is 6.04. The first-order chi connectivity index (χ1) is 8.13. The molecule has 0 bridgehead atoms. The summed E-state index contributed by atoms with van der Waals surface area (Å²) >= 11 is 0. The van der Waals surface area contributed by atoms with E-state index in [1.807, 2.05) is 0 Å². The van der Waals surface area contributed by atoms with Crippen LogP contribution in [0.2, 0.25) is 0 Å². The van der Waals surface area contributed by atoms with Gasteiger partial charge in [-0.3, -0.25) is 0 Å². The van der Waals surface area contributed by atoms with E-state index in [2.05, 4.69) is 10.6 Å². The quantitative estimate of drug-likeness (QED) is 0.564. The first kappa shape index (κ1) is 13.8. The molecule has 1 aliphatic carbocycles. The predicted molar refractivity (Wildman–Crippen MR) is 61.7 cm³/mol. The highest BCUT2D eigenvalue weighted by atomic mass is 16.4. The van der Waals surface area contributed by atoms with E-state index in [4.69, 9.17) is 10.2 Å². The van der Waals surface area contributed by atoms with Crippen LogP contribution < -0.4 is 10.6 Å². The normalized spacial score (nSPS) is 18.4. The Labute approximate surface area is 100 Å². The van der Waals surface area contributed by atoms with Crippen molar-refractivity contribution in [3.8, 4) is 0 Å². The lowest BCUT2D eigenvalue weighted by molar-refractivity contribution is -0.139. The number of aliphatic carboxylic acids is 1. The fraction of sp³-hybridized carbons (Fsp3) is 0.818. The molecule has 6 heteroatoms. The maximum absolute atomic E-state index is 11.5. The highest BCUT2D eigenvalue weighted by molar-refractivity contribution is 5.82. The third kappa shape index (κ3) is 5.04. The number of carboxylic acids is 1. The number of hydrogen-bond acceptors (Lipinski definition) is 3. The maximum Gasteiger partial charge on any atom is 0.326 e. The molecule has 0 radical (unpaired) electrons. The van der Waals surface area contributed by atoms with E-state index < -0.39 is 18.0 Å². The van der Waals surface area contributed by atoms with Gasteiger partial charge in [-0.15, -0.1) is 0 Å². The van der Waals surface area contributed by atoms with Gasteiger partial charge in [-0.1, -0.05) is 19.3 Å². The number of nitrogens with one attached hydrogen (secondary N) is 2. The topological polar surface area (TPSA) is 98.7 Å². The van der Waals surface area contributed by atoms with Crippen molar-refractivity contribution in [2.24, 2.45) is 0 Å². The number of aliphatic hydroxyl groups is 1. The van der Waals surface area contributed by atoms with Gasteiger partial charge < -0.3 is 20.8 Å². The highest BCUT2D eigenvalue weighted by Crippen LogP contribution is 2.17. The standard InChI is InChI=1S/C11H20N2O4/c14-7-6-9(10(15)16)13-11(17)12-8-4-2-1-3-5-8/h8-9,14H,1-7H2,(H,15,16)(H2,12,13,17)/t9-/m0/s1. The summed E-state index contributed by atoms with van der Waals surface area (Å²) in [5.41, 5.74) is 0. The van der Waals surface area contributed by atoms with E-state index in [1.54, 1.807) is 0 Å². The average molecular weight is 244 g/mol. The van der Waals surface area contributed by atoms with E-state index in [0.29, 0.717) is 0 Å². The molecular weight excluding hydrogens is 224 g/mol. The van der Waals surface area contributed by atoms with E-state index in [1.165, 1.54) is 6.42 Å². The van der Waals surface area contributed by atoms with Crippen LogP contribution in [-0.2, 0) is 4.79 Å². The number of hydrogen-bond donors (Lipinski definition) is 4. The van der Waals surface area contributed by atoms with Gasteiger partial charge in [0.15, 0.2) is 0 Å². The molecular formula is C11H20N2O4. The van der Waals surface area contributed by atoms with Crippen LogP contribution in [-0.4, -0.2) is 40.9 Å². The van der Waals surface area contributed by atoms with Crippen LogP contribution in [0, 0.1) is 0 Å². The Bertz CT molecular complexity index is 264. The Morgan fingerprint density at radius 2 is 1.88 bits per heavy atom. The highest BCUT2D eigenvalue weighted by Gasteiger charge is 2.21. The third-order valence-electron chi connectivity index (χ3n) is 2.96. The van der Waals surface area contributed by atoms with Crippen molar-refractivity contribution in [1.29, 1.82) is 0 Å². The molecule has 17 heavy (non-hydrogen) atoms. The van der Waals surface area contributed by atoms with Gasteiger partial charge >= 0.3 is 12.0 Å². The summed E-state index contributed by atoms with van der Waals surface area (Å²) in [6.45, 7) is -0.263. The van der Waals surface area contributed by atoms with Crippen LogP contribution in [0.15, 0.2) is 0 Å². The second-order valence-corrected chi connectivity index (χ2v) is 4.36. The van der Waals surface area contributed by atoms with Crippen LogP contribution in [0.25, 0.3) is 0 Å². The number of carbonyl (C=O) groups excluding carboxylic acids is 1. The number of carbonyl (C=O) groups is 2. The minimum atomic E-state index is -1.13. The van der Waals surface area contributed by atoms with Crippen molar-refractivity contribution in [3.05, 3.63) is 0 Å². The third-order valence-corrected chi connectivity index (χ3v) is 2.96. The molecule has 1 fully saturated rings. The minimum Gasteiger partial charge on any atom is -0.480 e. The molecule has 0 spiro atoms. The summed E-state index contributed by atoms with van der Waals surface area (Å²) < 4.78 is 0. The van der Waals surface area contributed by atoms with Crippen molar-refractivity contribution in [3.63, 3.8) is 0 Å². The molecule has 1 atom stereocenters. The lowest BCUT2D eigenvalue weighted by Crippen LogP contribution is -2.49. The fourth-order valence-electron chi connectivity index (χ4n) is 2.02. The zero-order valence-electron chi connectivity index (χ0n) is 9.82. The van der Waals surface area contributed by atoms with Crippen molar-refractivity contribution in [2.45, 2.75) is 50.6 Å². The van der Waals surface area contributed by atoms with E-state index in [-0.39, 0.29) is 19.1 Å². The zero-order chi connectivity index (χ0) is 12.7. The van der Waals surface area contributed by atoms with Gasteiger partial charge in [0.25, 0.3) is 0 Å². The molecule has 98 valence electrons. The SMILES string of the molecule is O=C(NC1CCCCC1)N[C@@H](CCO)C(=O)O.